The molecule has 2 heterocycles. The fourth-order valence-corrected chi connectivity index (χ4v) is 3.42. The third kappa shape index (κ3) is 4.38. The molecule has 6 heteroatoms. The molecule has 3 aromatic rings. The van der Waals surface area contributed by atoms with Crippen molar-refractivity contribution in [3.05, 3.63) is 82.1 Å². The molecule has 2 aromatic carbocycles. The average Bonchev–Trinajstić information content (AvgIpc) is 2.68. The summed E-state index contributed by atoms with van der Waals surface area (Å²) in [4.78, 5) is 31.3. The summed E-state index contributed by atoms with van der Waals surface area (Å²) >= 11 is 0. The van der Waals surface area contributed by atoms with Crippen molar-refractivity contribution in [2.45, 2.75) is 6.54 Å². The van der Waals surface area contributed by atoms with E-state index in [4.69, 9.17) is 0 Å². The molecule has 140 valence electrons. The summed E-state index contributed by atoms with van der Waals surface area (Å²) in [7, 11) is 0. The lowest BCUT2D eigenvalue weighted by atomic mass is 10.1. The molecule has 0 radical (unpaired) electrons. The van der Waals surface area contributed by atoms with Crippen LogP contribution in [-0.2, 0) is 6.54 Å². The van der Waals surface area contributed by atoms with Gasteiger partial charge in [-0.15, -0.1) is 12.4 Å². The van der Waals surface area contributed by atoms with Crippen LogP contribution in [0.1, 0.15) is 15.9 Å². The third-order valence-electron chi connectivity index (χ3n) is 4.88. The maximum Gasteiger partial charge on any atom is 0.253 e. The van der Waals surface area contributed by atoms with Gasteiger partial charge in [-0.2, -0.15) is 0 Å². The number of pyridine rings is 1. The summed E-state index contributed by atoms with van der Waals surface area (Å²) in [5.41, 5.74) is 2.59. The van der Waals surface area contributed by atoms with Gasteiger partial charge in [0.2, 0.25) is 5.56 Å². The number of hydrogen-bond acceptors (Lipinski definition) is 3. The van der Waals surface area contributed by atoms with Crippen molar-refractivity contribution in [2.24, 2.45) is 0 Å². The number of nitrogens with one attached hydrogen (secondary N) is 1. The molecule has 5 nitrogen and oxygen atoms in total. The van der Waals surface area contributed by atoms with Gasteiger partial charge in [-0.3, -0.25) is 14.5 Å². The predicted octanol–water partition coefficient (Wildman–Crippen LogP) is 2.91. The molecule has 1 fully saturated rings. The van der Waals surface area contributed by atoms with Crippen LogP contribution in [0.5, 0.6) is 0 Å². The largest absolute Gasteiger partial charge is 0.336 e. The Kier molecular flexibility index (Phi) is 5.94. The number of halogens is 1. The lowest BCUT2D eigenvalue weighted by Crippen LogP contribution is -2.48. The zero-order chi connectivity index (χ0) is 17.9. The second kappa shape index (κ2) is 8.37. The predicted molar refractivity (Wildman–Crippen MR) is 109 cm³/mol. The third-order valence-corrected chi connectivity index (χ3v) is 4.88. The van der Waals surface area contributed by atoms with Gasteiger partial charge in [0.25, 0.3) is 5.91 Å². The van der Waals surface area contributed by atoms with E-state index in [1.165, 1.54) is 11.6 Å². The maximum atomic E-state index is 12.8. The quantitative estimate of drug-likeness (QED) is 0.756. The Balaban J connectivity index is 0.00000210. The highest BCUT2D eigenvalue weighted by atomic mass is 35.5. The highest BCUT2D eigenvalue weighted by molar-refractivity contribution is 5.98. The number of amides is 1. The van der Waals surface area contributed by atoms with Crippen LogP contribution in [0.2, 0.25) is 0 Å². The lowest BCUT2D eigenvalue weighted by molar-refractivity contribution is 0.0628. The van der Waals surface area contributed by atoms with Crippen molar-refractivity contribution in [3.8, 4) is 0 Å². The zero-order valence-corrected chi connectivity index (χ0v) is 15.7. The van der Waals surface area contributed by atoms with Crippen molar-refractivity contribution < 1.29 is 4.79 Å². The van der Waals surface area contributed by atoms with Crippen LogP contribution in [0.15, 0.2) is 65.5 Å². The topological polar surface area (TPSA) is 56.4 Å². The van der Waals surface area contributed by atoms with Crippen LogP contribution in [0.3, 0.4) is 0 Å². The fourth-order valence-electron chi connectivity index (χ4n) is 3.42. The minimum atomic E-state index is -0.133. The van der Waals surface area contributed by atoms with E-state index in [0.29, 0.717) is 5.56 Å². The van der Waals surface area contributed by atoms with Crippen LogP contribution in [0.4, 0.5) is 0 Å². The fraction of sp³-hybridized carbons (Fsp3) is 0.238. The minimum Gasteiger partial charge on any atom is -0.336 e. The van der Waals surface area contributed by atoms with Gasteiger partial charge in [0.15, 0.2) is 0 Å². The van der Waals surface area contributed by atoms with E-state index >= 15 is 0 Å². The highest BCUT2D eigenvalue weighted by Gasteiger charge is 2.22. The Bertz CT molecular complexity index is 979. The summed E-state index contributed by atoms with van der Waals surface area (Å²) in [6.07, 6.45) is 0. The molecule has 0 spiro atoms. The van der Waals surface area contributed by atoms with Crippen molar-refractivity contribution >= 4 is 29.2 Å². The number of fused-ring (bicyclic) bond motifs is 1. The molecule has 1 aliphatic rings. The smallest absolute Gasteiger partial charge is 0.253 e. The Morgan fingerprint density at radius 3 is 2.41 bits per heavy atom. The zero-order valence-electron chi connectivity index (χ0n) is 14.9. The Morgan fingerprint density at radius 2 is 1.67 bits per heavy atom. The van der Waals surface area contributed by atoms with E-state index in [1.54, 1.807) is 18.2 Å². The van der Waals surface area contributed by atoms with Crippen LogP contribution in [0.25, 0.3) is 10.9 Å². The lowest BCUT2D eigenvalue weighted by Gasteiger charge is -2.34. The van der Waals surface area contributed by atoms with Gasteiger partial charge in [0.05, 0.1) is 0 Å². The maximum absolute atomic E-state index is 12.8. The number of hydrogen-bond donors (Lipinski definition) is 1. The molecule has 0 saturated carbocycles. The number of piperazine rings is 1. The van der Waals surface area contributed by atoms with E-state index in [9.17, 15) is 9.59 Å². The Morgan fingerprint density at radius 1 is 0.926 bits per heavy atom. The first-order valence-corrected chi connectivity index (χ1v) is 8.88. The van der Waals surface area contributed by atoms with Crippen molar-refractivity contribution in [1.82, 2.24) is 14.8 Å². The molecule has 0 aliphatic carbocycles. The van der Waals surface area contributed by atoms with Crippen LogP contribution in [0, 0.1) is 0 Å². The van der Waals surface area contributed by atoms with E-state index in [2.05, 4.69) is 34.1 Å². The molecule has 1 aliphatic heterocycles. The number of H-pyrrole nitrogens is 1. The molecule has 27 heavy (non-hydrogen) atoms. The molecular formula is C21H22ClN3O2. The van der Waals surface area contributed by atoms with Crippen molar-refractivity contribution in [1.29, 1.82) is 0 Å². The van der Waals surface area contributed by atoms with E-state index in [1.807, 2.05) is 17.0 Å². The summed E-state index contributed by atoms with van der Waals surface area (Å²) < 4.78 is 0. The number of aromatic amines is 1. The summed E-state index contributed by atoms with van der Waals surface area (Å²) in [5.74, 6) is 0.0532. The highest BCUT2D eigenvalue weighted by Crippen LogP contribution is 2.16. The summed E-state index contributed by atoms with van der Waals surface area (Å²) in [5, 5.41) is 0.873. The van der Waals surface area contributed by atoms with Gasteiger partial charge in [-0.25, -0.2) is 0 Å². The minimum absolute atomic E-state index is 0. The van der Waals surface area contributed by atoms with E-state index in [-0.39, 0.29) is 23.9 Å². The number of carbonyl (C=O) groups excluding carboxylic acids is 1. The standard InChI is InChI=1S/C21H21N3O2.ClH/c25-20-9-7-17-14-18(6-8-19(17)22-20)21(26)24-12-10-23(11-13-24)15-16-4-2-1-3-5-16;/h1-9,14H,10-13,15H2,(H,22,25);1H. The van der Waals surface area contributed by atoms with Crippen molar-refractivity contribution in [2.75, 3.05) is 26.2 Å². The molecule has 0 unspecified atom stereocenters. The summed E-state index contributed by atoms with van der Waals surface area (Å²) in [6, 6.07) is 19.1. The van der Waals surface area contributed by atoms with Gasteiger partial charge < -0.3 is 9.88 Å². The Hall–Kier alpha value is -2.63. The molecule has 4 rings (SSSR count). The number of rotatable bonds is 3. The average molecular weight is 384 g/mol. The van der Waals surface area contributed by atoms with Gasteiger partial charge in [-0.05, 0) is 35.2 Å². The molecule has 1 N–H and O–H groups in total. The summed E-state index contributed by atoms with van der Waals surface area (Å²) in [6.45, 7) is 4.14. The van der Waals surface area contributed by atoms with Gasteiger partial charge in [0, 0.05) is 49.9 Å². The van der Waals surface area contributed by atoms with Crippen LogP contribution >= 0.6 is 12.4 Å². The van der Waals surface area contributed by atoms with Crippen LogP contribution in [-0.4, -0.2) is 46.9 Å². The van der Waals surface area contributed by atoms with Gasteiger partial charge >= 0.3 is 0 Å². The van der Waals surface area contributed by atoms with E-state index < -0.39 is 0 Å². The van der Waals surface area contributed by atoms with E-state index in [0.717, 1.165) is 43.6 Å². The number of benzene rings is 2. The first-order valence-electron chi connectivity index (χ1n) is 8.88. The Labute approximate surface area is 164 Å². The van der Waals surface area contributed by atoms with Gasteiger partial charge in [-0.1, -0.05) is 30.3 Å². The first-order chi connectivity index (χ1) is 12.7. The molecule has 1 aromatic heterocycles. The molecule has 1 amide bonds. The number of aromatic nitrogens is 1. The molecular weight excluding hydrogens is 362 g/mol. The number of carbonyl (C=O) groups is 1. The second-order valence-electron chi connectivity index (χ2n) is 6.68. The second-order valence-corrected chi connectivity index (χ2v) is 6.68. The SMILES string of the molecule is Cl.O=C(c1ccc2[nH]c(=O)ccc2c1)N1CCN(Cc2ccccc2)CC1. The normalized spacial score (nSPS) is 14.7. The van der Waals surface area contributed by atoms with Gasteiger partial charge in [0.1, 0.15) is 0 Å². The van der Waals surface area contributed by atoms with Crippen LogP contribution < -0.4 is 5.56 Å². The first kappa shape index (κ1) is 19.1. The molecule has 0 atom stereocenters. The number of nitrogens with zero attached hydrogens (tertiary/aromatic N) is 2. The van der Waals surface area contributed by atoms with Crippen molar-refractivity contribution in [3.63, 3.8) is 0 Å². The monoisotopic (exact) mass is 383 g/mol. The molecule has 0 bridgehead atoms. The molecule has 1 saturated heterocycles.